The first-order valence-electron chi connectivity index (χ1n) is 7.53. The number of rotatable bonds is 5. The summed E-state index contributed by atoms with van der Waals surface area (Å²) in [6.07, 6.45) is 2.26. The zero-order valence-electron chi connectivity index (χ0n) is 13.0. The highest BCUT2D eigenvalue weighted by Crippen LogP contribution is 2.19. The molecule has 3 N–H and O–H groups in total. The number of benzene rings is 2. The third kappa shape index (κ3) is 3.21. The number of aromatic nitrogens is 1. The molecular formula is C18H14F2N2O3. The van der Waals surface area contributed by atoms with Crippen LogP contribution in [0.4, 0.5) is 8.78 Å². The molecule has 1 amide bonds. The van der Waals surface area contributed by atoms with E-state index >= 15 is 0 Å². The van der Waals surface area contributed by atoms with Gasteiger partial charge in [-0.3, -0.25) is 4.79 Å². The summed E-state index contributed by atoms with van der Waals surface area (Å²) in [5.41, 5.74) is 0.137. The van der Waals surface area contributed by atoms with Gasteiger partial charge in [-0.15, -0.1) is 0 Å². The SMILES string of the molecule is O=C(O)c1c(F)ccc(F)c1C(=O)NCCc1c[nH]c2ccccc12. The fraction of sp³-hybridized carbons (Fsp3) is 0.111. The number of H-pyrrole nitrogens is 1. The van der Waals surface area contributed by atoms with E-state index in [0.29, 0.717) is 12.5 Å². The van der Waals surface area contributed by atoms with Gasteiger partial charge in [-0.25, -0.2) is 13.6 Å². The van der Waals surface area contributed by atoms with E-state index in [0.717, 1.165) is 22.5 Å². The molecule has 0 bridgehead atoms. The summed E-state index contributed by atoms with van der Waals surface area (Å²) in [6, 6.07) is 9.04. The minimum Gasteiger partial charge on any atom is -0.478 e. The predicted octanol–water partition coefficient (Wildman–Crippen LogP) is 3.12. The van der Waals surface area contributed by atoms with Gasteiger partial charge in [0.1, 0.15) is 17.2 Å². The molecule has 0 atom stereocenters. The van der Waals surface area contributed by atoms with Crippen LogP contribution in [-0.4, -0.2) is 28.5 Å². The zero-order valence-corrected chi connectivity index (χ0v) is 13.0. The topological polar surface area (TPSA) is 82.2 Å². The first-order chi connectivity index (χ1) is 12.0. The lowest BCUT2D eigenvalue weighted by Crippen LogP contribution is -2.29. The maximum Gasteiger partial charge on any atom is 0.339 e. The largest absolute Gasteiger partial charge is 0.478 e. The highest BCUT2D eigenvalue weighted by atomic mass is 19.1. The second-order valence-electron chi connectivity index (χ2n) is 5.45. The minimum atomic E-state index is -1.70. The van der Waals surface area contributed by atoms with Crippen LogP contribution in [0.3, 0.4) is 0 Å². The van der Waals surface area contributed by atoms with Crippen LogP contribution in [0.2, 0.25) is 0 Å². The van der Waals surface area contributed by atoms with Crippen molar-refractivity contribution in [2.24, 2.45) is 0 Å². The minimum absolute atomic E-state index is 0.149. The van der Waals surface area contributed by atoms with Gasteiger partial charge in [-0.1, -0.05) is 18.2 Å². The van der Waals surface area contributed by atoms with Crippen LogP contribution in [0.5, 0.6) is 0 Å². The van der Waals surface area contributed by atoms with E-state index in [-0.39, 0.29) is 6.54 Å². The standard InChI is InChI=1S/C18H14F2N2O3/c19-12-5-6-13(20)16(18(24)25)15(12)17(23)21-8-7-10-9-22-14-4-2-1-3-11(10)14/h1-6,9,22H,7-8H2,(H,21,23)(H,24,25). The lowest BCUT2D eigenvalue weighted by atomic mass is 10.0. The van der Waals surface area contributed by atoms with Gasteiger partial charge in [-0.05, 0) is 30.2 Å². The number of carbonyl (C=O) groups is 2. The van der Waals surface area contributed by atoms with Gasteiger partial charge >= 0.3 is 5.97 Å². The zero-order chi connectivity index (χ0) is 18.0. The summed E-state index contributed by atoms with van der Waals surface area (Å²) < 4.78 is 27.5. The molecule has 0 aliphatic carbocycles. The quantitative estimate of drug-likeness (QED) is 0.665. The molecule has 5 nitrogen and oxygen atoms in total. The molecule has 2 aromatic carbocycles. The van der Waals surface area contributed by atoms with Crippen LogP contribution in [-0.2, 0) is 6.42 Å². The predicted molar refractivity (Wildman–Crippen MR) is 87.7 cm³/mol. The van der Waals surface area contributed by atoms with Crippen molar-refractivity contribution in [3.05, 3.63) is 70.9 Å². The van der Waals surface area contributed by atoms with Gasteiger partial charge < -0.3 is 15.4 Å². The van der Waals surface area contributed by atoms with E-state index in [1.165, 1.54) is 0 Å². The Morgan fingerprint density at radius 1 is 1.04 bits per heavy atom. The number of aromatic amines is 1. The van der Waals surface area contributed by atoms with E-state index in [1.807, 2.05) is 30.5 Å². The molecular weight excluding hydrogens is 330 g/mol. The average molecular weight is 344 g/mol. The number of nitrogens with one attached hydrogen (secondary N) is 2. The Morgan fingerprint density at radius 3 is 2.44 bits per heavy atom. The van der Waals surface area contributed by atoms with Crippen molar-refractivity contribution in [3.8, 4) is 0 Å². The number of carbonyl (C=O) groups excluding carboxylic acids is 1. The molecule has 0 radical (unpaired) electrons. The average Bonchev–Trinajstić information content (AvgIpc) is 2.99. The molecule has 0 saturated carbocycles. The lowest BCUT2D eigenvalue weighted by Gasteiger charge is -2.09. The molecule has 3 rings (SSSR count). The van der Waals surface area contributed by atoms with Crippen LogP contribution < -0.4 is 5.32 Å². The second kappa shape index (κ2) is 6.72. The number of hydrogen-bond donors (Lipinski definition) is 3. The fourth-order valence-corrected chi connectivity index (χ4v) is 2.72. The maximum atomic E-state index is 13.9. The van der Waals surface area contributed by atoms with Gasteiger partial charge in [-0.2, -0.15) is 0 Å². The number of fused-ring (bicyclic) bond motifs is 1. The summed E-state index contributed by atoms with van der Waals surface area (Å²) in [4.78, 5) is 26.4. The Balaban J connectivity index is 1.75. The van der Waals surface area contributed by atoms with Crippen molar-refractivity contribution in [2.45, 2.75) is 6.42 Å². The van der Waals surface area contributed by atoms with E-state index in [9.17, 15) is 18.4 Å². The van der Waals surface area contributed by atoms with Gasteiger partial charge in [0.25, 0.3) is 5.91 Å². The van der Waals surface area contributed by atoms with Crippen molar-refractivity contribution in [2.75, 3.05) is 6.54 Å². The number of halogens is 2. The number of carboxylic acids is 1. The second-order valence-corrected chi connectivity index (χ2v) is 5.45. The van der Waals surface area contributed by atoms with Crippen LogP contribution >= 0.6 is 0 Å². The summed E-state index contributed by atoms with van der Waals surface area (Å²) in [7, 11) is 0. The van der Waals surface area contributed by atoms with Gasteiger partial charge in [0.15, 0.2) is 0 Å². The molecule has 1 aromatic heterocycles. The third-order valence-corrected chi connectivity index (χ3v) is 3.90. The van der Waals surface area contributed by atoms with Crippen LogP contribution in [0.1, 0.15) is 26.3 Å². The molecule has 0 aliphatic rings. The Bertz CT molecular complexity index is 966. The maximum absolute atomic E-state index is 13.9. The van der Waals surface area contributed by atoms with Crippen LogP contribution in [0.15, 0.2) is 42.6 Å². The number of carboxylic acid groups (broad SMARTS) is 1. The first-order valence-corrected chi connectivity index (χ1v) is 7.53. The third-order valence-electron chi connectivity index (χ3n) is 3.90. The Labute approximate surface area is 141 Å². The summed E-state index contributed by atoms with van der Waals surface area (Å²) in [5.74, 6) is -4.90. The summed E-state index contributed by atoms with van der Waals surface area (Å²) in [6.45, 7) is 0.149. The summed E-state index contributed by atoms with van der Waals surface area (Å²) in [5, 5.41) is 12.5. The van der Waals surface area contributed by atoms with Crippen molar-refractivity contribution in [3.63, 3.8) is 0 Å². The van der Waals surface area contributed by atoms with Crippen molar-refractivity contribution in [1.82, 2.24) is 10.3 Å². The highest BCUT2D eigenvalue weighted by Gasteiger charge is 2.25. The van der Waals surface area contributed by atoms with E-state index < -0.39 is 34.6 Å². The van der Waals surface area contributed by atoms with Crippen LogP contribution in [0.25, 0.3) is 10.9 Å². The van der Waals surface area contributed by atoms with Crippen molar-refractivity contribution >= 4 is 22.8 Å². The Hall–Kier alpha value is -3.22. The van der Waals surface area contributed by atoms with E-state index in [2.05, 4.69) is 10.3 Å². The Morgan fingerprint density at radius 2 is 1.72 bits per heavy atom. The number of para-hydroxylation sites is 1. The summed E-state index contributed by atoms with van der Waals surface area (Å²) >= 11 is 0. The molecule has 3 aromatic rings. The smallest absolute Gasteiger partial charge is 0.339 e. The molecule has 7 heteroatoms. The van der Waals surface area contributed by atoms with Crippen LogP contribution in [0, 0.1) is 11.6 Å². The fourth-order valence-electron chi connectivity index (χ4n) is 2.72. The molecule has 0 spiro atoms. The van der Waals surface area contributed by atoms with Crippen molar-refractivity contribution < 1.29 is 23.5 Å². The number of hydrogen-bond acceptors (Lipinski definition) is 2. The van der Waals surface area contributed by atoms with Gasteiger partial charge in [0.2, 0.25) is 0 Å². The molecule has 0 fully saturated rings. The highest BCUT2D eigenvalue weighted by molar-refractivity contribution is 6.05. The molecule has 25 heavy (non-hydrogen) atoms. The number of amides is 1. The lowest BCUT2D eigenvalue weighted by molar-refractivity contribution is 0.0684. The number of aromatic carboxylic acids is 1. The Kier molecular flexibility index (Phi) is 4.47. The normalized spacial score (nSPS) is 10.8. The molecule has 0 aliphatic heterocycles. The van der Waals surface area contributed by atoms with E-state index in [4.69, 9.17) is 5.11 Å². The monoisotopic (exact) mass is 344 g/mol. The molecule has 0 unspecified atom stereocenters. The molecule has 0 saturated heterocycles. The van der Waals surface area contributed by atoms with Crippen molar-refractivity contribution in [1.29, 1.82) is 0 Å². The van der Waals surface area contributed by atoms with E-state index in [1.54, 1.807) is 0 Å². The first kappa shape index (κ1) is 16.6. The molecule has 128 valence electrons. The van der Waals surface area contributed by atoms with Gasteiger partial charge in [0.05, 0.1) is 5.56 Å². The van der Waals surface area contributed by atoms with Gasteiger partial charge in [0, 0.05) is 23.6 Å². The molecule has 1 heterocycles.